The zero-order valence-electron chi connectivity index (χ0n) is 5.85. The van der Waals surface area contributed by atoms with Gasteiger partial charge >= 0.3 is 0 Å². The Morgan fingerprint density at radius 3 is 2.12 bits per heavy atom. The number of unbranched alkanes of at least 4 members (excludes halogenated alkanes) is 2. The van der Waals surface area contributed by atoms with Crippen LogP contribution in [0.1, 0.15) is 26.2 Å². The Labute approximate surface area is 52.0 Å². The first-order valence-electron chi connectivity index (χ1n) is 2.97. The second-order valence-corrected chi connectivity index (χ2v) is 1.43. The van der Waals surface area contributed by atoms with E-state index in [2.05, 4.69) is 13.5 Å². The Kier molecular flexibility index (Phi) is 21.1. The fourth-order valence-electron chi connectivity index (χ4n) is 0.348. The first kappa shape index (κ1) is 10.6. The molecule has 0 saturated carbocycles. The fourth-order valence-corrected chi connectivity index (χ4v) is 0.348. The van der Waals surface area contributed by atoms with Gasteiger partial charge in [-0.05, 0) is 6.42 Å². The molecule has 0 amide bonds. The molecule has 0 saturated heterocycles. The quantitative estimate of drug-likeness (QED) is 0.441. The Morgan fingerprint density at radius 1 is 1.50 bits per heavy atom. The van der Waals surface area contributed by atoms with E-state index in [0.29, 0.717) is 0 Å². The van der Waals surface area contributed by atoms with E-state index >= 15 is 0 Å². The summed E-state index contributed by atoms with van der Waals surface area (Å²) in [6.45, 7) is 5.78. The highest BCUT2D eigenvalue weighted by atomic mass is 16.2. The van der Waals surface area contributed by atoms with Crippen LogP contribution in [0, 0.1) is 0 Å². The summed E-state index contributed by atoms with van der Waals surface area (Å²) in [6.07, 6.45) is 5.72. The summed E-state index contributed by atoms with van der Waals surface area (Å²) in [6, 6.07) is 0. The molecule has 50 valence electrons. The van der Waals surface area contributed by atoms with Gasteiger partial charge in [-0.2, -0.15) is 0 Å². The van der Waals surface area contributed by atoms with Crippen molar-refractivity contribution >= 4 is 0 Å². The van der Waals surface area contributed by atoms with Crippen molar-refractivity contribution in [3.05, 3.63) is 12.7 Å². The van der Waals surface area contributed by atoms with Gasteiger partial charge in [-0.15, -0.1) is 6.58 Å². The van der Waals surface area contributed by atoms with Crippen LogP contribution in [0.5, 0.6) is 0 Å². The van der Waals surface area contributed by atoms with Gasteiger partial charge in [0.1, 0.15) is 0 Å². The first-order valence-corrected chi connectivity index (χ1v) is 2.97. The maximum Gasteiger partial charge on any atom is 0.0319 e. The van der Waals surface area contributed by atoms with Gasteiger partial charge in [-0.3, -0.25) is 0 Å². The van der Waals surface area contributed by atoms with Gasteiger partial charge < -0.3 is 5.11 Å². The lowest BCUT2D eigenvalue weighted by molar-refractivity contribution is 0.399. The van der Waals surface area contributed by atoms with Crippen molar-refractivity contribution in [2.45, 2.75) is 26.2 Å². The minimum Gasteiger partial charge on any atom is -0.400 e. The summed E-state index contributed by atoms with van der Waals surface area (Å²) in [5, 5.41) is 7.00. The molecule has 0 aliphatic carbocycles. The Morgan fingerprint density at radius 2 is 2.00 bits per heavy atom. The summed E-state index contributed by atoms with van der Waals surface area (Å²) in [5.41, 5.74) is 0. The van der Waals surface area contributed by atoms with Crippen LogP contribution < -0.4 is 0 Å². The van der Waals surface area contributed by atoms with Gasteiger partial charge in [-0.25, -0.2) is 0 Å². The average molecular weight is 116 g/mol. The summed E-state index contributed by atoms with van der Waals surface area (Å²) < 4.78 is 0. The van der Waals surface area contributed by atoms with Crippen LogP contribution in [0.4, 0.5) is 0 Å². The van der Waals surface area contributed by atoms with E-state index in [4.69, 9.17) is 5.11 Å². The van der Waals surface area contributed by atoms with Crippen LogP contribution >= 0.6 is 0 Å². The number of hydrogen-bond donors (Lipinski definition) is 1. The molecule has 0 aliphatic heterocycles. The van der Waals surface area contributed by atoms with E-state index < -0.39 is 0 Å². The number of hydrogen-bond acceptors (Lipinski definition) is 1. The molecule has 0 aliphatic rings. The molecule has 1 N–H and O–H groups in total. The molecule has 0 aromatic heterocycles. The van der Waals surface area contributed by atoms with E-state index in [1.807, 2.05) is 6.08 Å². The lowest BCUT2D eigenvalue weighted by atomic mass is 10.3. The molecule has 1 nitrogen and oxygen atoms in total. The molecule has 0 aromatic carbocycles. The van der Waals surface area contributed by atoms with E-state index in [1.165, 1.54) is 19.3 Å². The number of rotatable bonds is 3. The molecule has 0 radical (unpaired) electrons. The Hall–Kier alpha value is -0.300. The summed E-state index contributed by atoms with van der Waals surface area (Å²) in [4.78, 5) is 0. The van der Waals surface area contributed by atoms with Gasteiger partial charge in [0.05, 0.1) is 0 Å². The molecule has 0 spiro atoms. The third-order valence-corrected chi connectivity index (χ3v) is 0.762. The minimum atomic E-state index is 1.00. The van der Waals surface area contributed by atoms with Gasteiger partial charge in [0.25, 0.3) is 0 Å². The molecule has 0 bridgehead atoms. The smallest absolute Gasteiger partial charge is 0.0319 e. The van der Waals surface area contributed by atoms with Crippen molar-refractivity contribution in [3.63, 3.8) is 0 Å². The maximum atomic E-state index is 7.00. The molecule has 0 atom stereocenters. The van der Waals surface area contributed by atoms with Crippen molar-refractivity contribution in [3.8, 4) is 0 Å². The number of aliphatic hydroxyl groups excluding tert-OH is 1. The topological polar surface area (TPSA) is 20.2 Å². The third kappa shape index (κ3) is 17.3. The maximum absolute atomic E-state index is 7.00. The molecule has 0 unspecified atom stereocenters. The van der Waals surface area contributed by atoms with Gasteiger partial charge in [0, 0.05) is 7.11 Å². The van der Waals surface area contributed by atoms with Crippen molar-refractivity contribution in [1.82, 2.24) is 0 Å². The molecule has 1 heteroatoms. The predicted octanol–water partition coefficient (Wildman–Crippen LogP) is 1.97. The van der Waals surface area contributed by atoms with Crippen LogP contribution in [0.25, 0.3) is 0 Å². The van der Waals surface area contributed by atoms with E-state index in [-0.39, 0.29) is 0 Å². The zero-order valence-corrected chi connectivity index (χ0v) is 5.85. The second-order valence-electron chi connectivity index (χ2n) is 1.43. The molecule has 0 fully saturated rings. The second kappa shape index (κ2) is 15.9. The van der Waals surface area contributed by atoms with E-state index in [1.54, 1.807) is 0 Å². The zero-order chi connectivity index (χ0) is 6.83. The van der Waals surface area contributed by atoms with Crippen molar-refractivity contribution in [2.75, 3.05) is 7.11 Å². The van der Waals surface area contributed by atoms with Gasteiger partial charge in [0.15, 0.2) is 0 Å². The first-order chi connectivity index (χ1) is 3.91. The standard InChI is InChI=1S/C6H12.CH4O/c1-3-5-6-4-2;1-2/h3H,1,4-6H2,2H3;2H,1H3. The van der Waals surface area contributed by atoms with Crippen LogP contribution in [0.2, 0.25) is 0 Å². The largest absolute Gasteiger partial charge is 0.400 e. The van der Waals surface area contributed by atoms with Crippen LogP contribution in [0.3, 0.4) is 0 Å². The van der Waals surface area contributed by atoms with Crippen LogP contribution in [0.15, 0.2) is 12.7 Å². The summed E-state index contributed by atoms with van der Waals surface area (Å²) in [5.74, 6) is 0. The van der Waals surface area contributed by atoms with Crippen LogP contribution in [-0.4, -0.2) is 12.2 Å². The summed E-state index contributed by atoms with van der Waals surface area (Å²) in [7, 11) is 1.00. The number of aliphatic hydroxyl groups is 1. The molecule has 0 aromatic rings. The van der Waals surface area contributed by atoms with E-state index in [0.717, 1.165) is 7.11 Å². The minimum absolute atomic E-state index is 1.00. The van der Waals surface area contributed by atoms with Crippen molar-refractivity contribution in [2.24, 2.45) is 0 Å². The van der Waals surface area contributed by atoms with E-state index in [9.17, 15) is 0 Å². The molecule has 0 rings (SSSR count). The Balaban J connectivity index is 0. The highest BCUT2D eigenvalue weighted by Crippen LogP contribution is 1.91. The highest BCUT2D eigenvalue weighted by Gasteiger charge is 1.71. The predicted molar refractivity (Wildman–Crippen MR) is 37.9 cm³/mol. The normalized spacial score (nSPS) is 6.88. The van der Waals surface area contributed by atoms with Crippen LogP contribution in [-0.2, 0) is 0 Å². The summed E-state index contributed by atoms with van der Waals surface area (Å²) >= 11 is 0. The lowest BCUT2D eigenvalue weighted by Gasteiger charge is -1.81. The lowest BCUT2D eigenvalue weighted by Crippen LogP contribution is -1.61. The third-order valence-electron chi connectivity index (χ3n) is 0.762. The molecule has 0 heterocycles. The fraction of sp³-hybridized carbons (Fsp3) is 0.714. The van der Waals surface area contributed by atoms with Gasteiger partial charge in [0.2, 0.25) is 0 Å². The Bertz CT molecular complexity index is 33.4. The number of allylic oxidation sites excluding steroid dienone is 1. The average Bonchev–Trinajstić information content (AvgIpc) is 1.88. The molecular weight excluding hydrogens is 100 g/mol. The highest BCUT2D eigenvalue weighted by molar-refractivity contribution is 4.64. The molecular formula is C7H16O. The SMILES string of the molecule is C=CCCCC.CO. The van der Waals surface area contributed by atoms with Crippen molar-refractivity contribution < 1.29 is 5.11 Å². The van der Waals surface area contributed by atoms with Gasteiger partial charge in [-0.1, -0.05) is 25.8 Å². The van der Waals surface area contributed by atoms with Crippen molar-refractivity contribution in [1.29, 1.82) is 0 Å². The monoisotopic (exact) mass is 116 g/mol. The molecule has 8 heavy (non-hydrogen) atoms.